The summed E-state index contributed by atoms with van der Waals surface area (Å²) in [6.07, 6.45) is 0.499. The number of anilines is 1. The molecule has 0 aliphatic heterocycles. The number of amides is 1. The second-order valence-corrected chi connectivity index (χ2v) is 7.22. The molecule has 0 radical (unpaired) electrons. The van der Waals surface area contributed by atoms with Crippen LogP contribution in [-0.2, 0) is 9.53 Å². The van der Waals surface area contributed by atoms with Crippen molar-refractivity contribution < 1.29 is 14.3 Å². The Morgan fingerprint density at radius 1 is 1.19 bits per heavy atom. The topological polar surface area (TPSA) is 81.2 Å². The maximum Gasteiger partial charge on any atom is 0.351 e. The van der Waals surface area contributed by atoms with E-state index in [0.29, 0.717) is 16.3 Å². The minimum absolute atomic E-state index is 0.161. The normalized spacial score (nSPS) is 11.7. The maximum atomic E-state index is 12.6. The molecule has 0 saturated carbocycles. The van der Waals surface area contributed by atoms with Gasteiger partial charge in [0.05, 0.1) is 16.4 Å². The summed E-state index contributed by atoms with van der Waals surface area (Å²) >= 11 is 7.15. The van der Waals surface area contributed by atoms with Gasteiger partial charge in [0.2, 0.25) is 0 Å². The van der Waals surface area contributed by atoms with Crippen molar-refractivity contribution in [1.82, 2.24) is 9.97 Å². The van der Waals surface area contributed by atoms with Crippen LogP contribution in [0.2, 0.25) is 5.15 Å². The van der Waals surface area contributed by atoms with Crippen LogP contribution in [-0.4, -0.2) is 27.9 Å². The molecule has 8 heteroatoms. The van der Waals surface area contributed by atoms with Crippen LogP contribution in [0.25, 0.3) is 11.3 Å². The van der Waals surface area contributed by atoms with E-state index in [0.717, 1.165) is 10.6 Å². The van der Waals surface area contributed by atoms with Crippen LogP contribution in [0, 0.1) is 6.92 Å². The molecular formula is C19H16ClN3O3S. The van der Waals surface area contributed by atoms with Crippen LogP contribution in [0.3, 0.4) is 0 Å². The van der Waals surface area contributed by atoms with Crippen LogP contribution in [0.4, 0.5) is 5.69 Å². The highest BCUT2D eigenvalue weighted by Crippen LogP contribution is 2.29. The Kier molecular flexibility index (Phi) is 5.83. The Morgan fingerprint density at radius 3 is 2.63 bits per heavy atom. The highest BCUT2D eigenvalue weighted by Gasteiger charge is 2.24. The zero-order chi connectivity index (χ0) is 19.4. The highest BCUT2D eigenvalue weighted by atomic mass is 35.5. The van der Waals surface area contributed by atoms with E-state index in [-0.39, 0.29) is 5.15 Å². The van der Waals surface area contributed by atoms with E-state index in [9.17, 15) is 9.59 Å². The molecule has 0 fully saturated rings. The van der Waals surface area contributed by atoms with E-state index in [2.05, 4.69) is 15.3 Å². The van der Waals surface area contributed by atoms with Gasteiger partial charge < -0.3 is 10.1 Å². The zero-order valence-electron chi connectivity index (χ0n) is 14.6. The zero-order valence-corrected chi connectivity index (χ0v) is 16.2. The van der Waals surface area contributed by atoms with Gasteiger partial charge in [-0.2, -0.15) is 0 Å². The standard InChI is InChI=1S/C19H16ClN3O3S/c1-11(18(24)23-14-9-6-10-21-17(14)20)26-19(25)16-15(22-12(2)27-16)13-7-4-3-5-8-13/h3-11H,1-2H3,(H,23,24)/t11-/m0/s1. The number of halogens is 1. The molecule has 0 saturated heterocycles. The number of carbonyl (C=O) groups excluding carboxylic acids is 2. The molecule has 3 aromatic rings. The lowest BCUT2D eigenvalue weighted by Crippen LogP contribution is -2.30. The molecule has 2 aromatic heterocycles. The van der Waals surface area contributed by atoms with Crippen LogP contribution in [0.15, 0.2) is 48.7 Å². The van der Waals surface area contributed by atoms with Crippen LogP contribution >= 0.6 is 22.9 Å². The van der Waals surface area contributed by atoms with Crippen molar-refractivity contribution in [2.24, 2.45) is 0 Å². The Labute approximate surface area is 165 Å². The molecule has 0 unspecified atom stereocenters. The van der Waals surface area contributed by atoms with Gasteiger partial charge in [0.1, 0.15) is 4.88 Å². The molecule has 0 bridgehead atoms. The molecule has 27 heavy (non-hydrogen) atoms. The molecule has 0 spiro atoms. The fourth-order valence-corrected chi connectivity index (χ4v) is 3.33. The molecule has 1 atom stereocenters. The number of nitrogens with zero attached hydrogens (tertiary/aromatic N) is 2. The van der Waals surface area contributed by atoms with Gasteiger partial charge in [0.25, 0.3) is 5.91 Å². The van der Waals surface area contributed by atoms with Crippen LogP contribution in [0.5, 0.6) is 0 Å². The molecule has 1 N–H and O–H groups in total. The average Bonchev–Trinajstić information content (AvgIpc) is 3.06. The Hall–Kier alpha value is -2.77. The predicted molar refractivity (Wildman–Crippen MR) is 105 cm³/mol. The van der Waals surface area contributed by atoms with Crippen molar-refractivity contribution in [2.45, 2.75) is 20.0 Å². The first-order chi connectivity index (χ1) is 13.0. The number of pyridine rings is 1. The molecule has 3 rings (SSSR count). The first-order valence-electron chi connectivity index (χ1n) is 8.11. The van der Waals surface area contributed by atoms with Crippen molar-refractivity contribution in [1.29, 1.82) is 0 Å². The number of aryl methyl sites for hydroxylation is 1. The Morgan fingerprint density at radius 2 is 1.93 bits per heavy atom. The van der Waals surface area contributed by atoms with Gasteiger partial charge in [-0.3, -0.25) is 4.79 Å². The maximum absolute atomic E-state index is 12.6. The molecule has 1 aromatic carbocycles. The number of aromatic nitrogens is 2. The Bertz CT molecular complexity index is 975. The summed E-state index contributed by atoms with van der Waals surface area (Å²) in [5.74, 6) is -1.10. The van der Waals surface area contributed by atoms with Gasteiger partial charge in [-0.15, -0.1) is 11.3 Å². The van der Waals surface area contributed by atoms with Crippen LogP contribution < -0.4 is 5.32 Å². The van der Waals surface area contributed by atoms with Crippen molar-refractivity contribution in [2.75, 3.05) is 5.32 Å². The number of carbonyl (C=O) groups is 2. The summed E-state index contributed by atoms with van der Waals surface area (Å²) in [6, 6.07) is 12.6. The summed E-state index contributed by atoms with van der Waals surface area (Å²) in [6.45, 7) is 3.31. The first-order valence-corrected chi connectivity index (χ1v) is 9.30. The number of benzene rings is 1. The van der Waals surface area contributed by atoms with Crippen molar-refractivity contribution in [3.8, 4) is 11.3 Å². The molecule has 1 amide bonds. The molecule has 2 heterocycles. The number of nitrogens with one attached hydrogen (secondary N) is 1. The third kappa shape index (κ3) is 4.50. The summed E-state index contributed by atoms with van der Waals surface area (Å²) in [5.41, 5.74) is 1.71. The lowest BCUT2D eigenvalue weighted by atomic mass is 10.1. The van der Waals surface area contributed by atoms with Crippen molar-refractivity contribution >= 4 is 40.5 Å². The molecular weight excluding hydrogens is 386 g/mol. The number of ether oxygens (including phenoxy) is 1. The minimum Gasteiger partial charge on any atom is -0.448 e. The molecule has 138 valence electrons. The van der Waals surface area contributed by atoms with E-state index < -0.39 is 18.0 Å². The molecule has 0 aliphatic rings. The third-order valence-electron chi connectivity index (χ3n) is 3.64. The van der Waals surface area contributed by atoms with E-state index in [1.54, 1.807) is 12.1 Å². The molecule has 0 aliphatic carbocycles. The minimum atomic E-state index is -1.01. The number of thiazole rings is 1. The largest absolute Gasteiger partial charge is 0.448 e. The quantitative estimate of drug-likeness (QED) is 0.507. The summed E-state index contributed by atoms with van der Waals surface area (Å²) in [4.78, 5) is 33.6. The number of esters is 1. The van der Waals surface area contributed by atoms with E-state index in [1.807, 2.05) is 37.3 Å². The van der Waals surface area contributed by atoms with Crippen molar-refractivity contribution in [3.05, 3.63) is 63.7 Å². The van der Waals surface area contributed by atoms with Crippen LogP contribution in [0.1, 0.15) is 21.6 Å². The van der Waals surface area contributed by atoms with E-state index >= 15 is 0 Å². The van der Waals surface area contributed by atoms with Crippen molar-refractivity contribution in [3.63, 3.8) is 0 Å². The average molecular weight is 402 g/mol. The predicted octanol–water partition coefficient (Wildman–Crippen LogP) is 4.35. The first kappa shape index (κ1) is 19.0. The number of hydrogen-bond donors (Lipinski definition) is 1. The Balaban J connectivity index is 1.74. The monoisotopic (exact) mass is 401 g/mol. The smallest absolute Gasteiger partial charge is 0.351 e. The van der Waals surface area contributed by atoms with Gasteiger partial charge >= 0.3 is 5.97 Å². The fraction of sp³-hybridized carbons (Fsp3) is 0.158. The number of hydrogen-bond acceptors (Lipinski definition) is 6. The third-order valence-corrected chi connectivity index (χ3v) is 4.89. The van der Waals surface area contributed by atoms with Gasteiger partial charge in [-0.1, -0.05) is 41.9 Å². The summed E-state index contributed by atoms with van der Waals surface area (Å²) in [7, 11) is 0. The van der Waals surface area contributed by atoms with E-state index in [4.69, 9.17) is 16.3 Å². The second kappa shape index (κ2) is 8.28. The lowest BCUT2D eigenvalue weighted by molar-refractivity contribution is -0.123. The number of rotatable bonds is 5. The highest BCUT2D eigenvalue weighted by molar-refractivity contribution is 7.14. The van der Waals surface area contributed by atoms with Gasteiger partial charge in [-0.25, -0.2) is 14.8 Å². The lowest BCUT2D eigenvalue weighted by Gasteiger charge is -2.13. The van der Waals surface area contributed by atoms with E-state index in [1.165, 1.54) is 24.5 Å². The summed E-state index contributed by atoms with van der Waals surface area (Å²) < 4.78 is 5.34. The molecule has 6 nitrogen and oxygen atoms in total. The van der Waals surface area contributed by atoms with Gasteiger partial charge in [0.15, 0.2) is 11.3 Å². The SMILES string of the molecule is Cc1nc(-c2ccccc2)c(C(=O)O[C@@H](C)C(=O)Nc2cccnc2Cl)s1. The van der Waals surface area contributed by atoms with Gasteiger partial charge in [0, 0.05) is 11.8 Å². The van der Waals surface area contributed by atoms with Gasteiger partial charge in [-0.05, 0) is 26.0 Å². The second-order valence-electron chi connectivity index (χ2n) is 5.66. The summed E-state index contributed by atoms with van der Waals surface area (Å²) in [5, 5.41) is 3.49. The fourth-order valence-electron chi connectivity index (χ4n) is 2.34.